The number of benzene rings is 1. The monoisotopic (exact) mass is 278 g/mol. The van der Waals surface area contributed by atoms with Crippen LogP contribution in [0.25, 0.3) is 0 Å². The summed E-state index contributed by atoms with van der Waals surface area (Å²) in [6.07, 6.45) is 0. The van der Waals surface area contributed by atoms with Crippen LogP contribution in [0.1, 0.15) is 48.8 Å². The van der Waals surface area contributed by atoms with E-state index in [-0.39, 0.29) is 23.9 Å². The summed E-state index contributed by atoms with van der Waals surface area (Å²) < 4.78 is 24.3. The predicted octanol–water partition coefficient (Wildman–Crippen LogP) is 3.11. The Bertz CT molecular complexity index is 623. The second kappa shape index (κ2) is 5.81. The van der Waals surface area contributed by atoms with Crippen molar-refractivity contribution >= 4 is 5.78 Å². The van der Waals surface area contributed by atoms with Crippen molar-refractivity contribution in [2.24, 2.45) is 0 Å². The Morgan fingerprint density at radius 1 is 1.40 bits per heavy atom. The van der Waals surface area contributed by atoms with Crippen LogP contribution in [0, 0.1) is 5.82 Å². The van der Waals surface area contributed by atoms with Crippen LogP contribution in [0.2, 0.25) is 0 Å². The Labute approximate surface area is 115 Å². The number of hydrogen-bond acceptors (Lipinski definition) is 5. The molecule has 0 fully saturated rings. The lowest BCUT2D eigenvalue weighted by Gasteiger charge is -2.05. The molecule has 0 aliphatic heterocycles. The molecule has 0 bridgehead atoms. The molecule has 1 heterocycles. The van der Waals surface area contributed by atoms with Crippen molar-refractivity contribution < 1.29 is 18.3 Å². The second-order valence-electron chi connectivity index (χ2n) is 4.68. The van der Waals surface area contributed by atoms with Crippen molar-refractivity contribution in [3.05, 3.63) is 41.4 Å². The van der Waals surface area contributed by atoms with Gasteiger partial charge >= 0.3 is 0 Å². The molecule has 1 aromatic carbocycles. The van der Waals surface area contributed by atoms with E-state index in [4.69, 9.17) is 9.15 Å². The van der Waals surface area contributed by atoms with E-state index in [0.717, 1.165) is 6.07 Å². The van der Waals surface area contributed by atoms with Gasteiger partial charge in [-0.3, -0.25) is 4.79 Å². The molecule has 5 nitrogen and oxygen atoms in total. The number of halogens is 1. The van der Waals surface area contributed by atoms with Gasteiger partial charge in [0.05, 0.1) is 5.56 Å². The van der Waals surface area contributed by atoms with E-state index in [1.54, 1.807) is 0 Å². The van der Waals surface area contributed by atoms with Crippen LogP contribution >= 0.6 is 0 Å². The number of rotatable bonds is 5. The van der Waals surface area contributed by atoms with Gasteiger partial charge in [0.15, 0.2) is 12.4 Å². The molecule has 0 saturated carbocycles. The molecule has 0 atom stereocenters. The summed E-state index contributed by atoms with van der Waals surface area (Å²) in [4.78, 5) is 11.1. The first kappa shape index (κ1) is 14.2. The summed E-state index contributed by atoms with van der Waals surface area (Å²) in [6.45, 7) is 5.24. The fourth-order valence-electron chi connectivity index (χ4n) is 1.57. The summed E-state index contributed by atoms with van der Waals surface area (Å²) in [6, 6.07) is 4.08. The van der Waals surface area contributed by atoms with Crippen LogP contribution in [-0.2, 0) is 6.61 Å². The highest BCUT2D eigenvalue weighted by Gasteiger charge is 2.11. The fourth-order valence-corrected chi connectivity index (χ4v) is 1.57. The Morgan fingerprint density at radius 2 is 2.15 bits per heavy atom. The Kier molecular flexibility index (Phi) is 4.12. The first-order valence-corrected chi connectivity index (χ1v) is 6.23. The molecule has 0 aliphatic rings. The van der Waals surface area contributed by atoms with Gasteiger partial charge in [-0.15, -0.1) is 10.2 Å². The molecule has 2 aromatic rings. The summed E-state index contributed by atoms with van der Waals surface area (Å²) in [5.41, 5.74) is 0.0391. The lowest BCUT2D eigenvalue weighted by molar-refractivity contribution is 0.101. The molecular weight excluding hydrogens is 263 g/mol. The summed E-state index contributed by atoms with van der Waals surface area (Å²) in [5.74, 6) is 0.364. The quantitative estimate of drug-likeness (QED) is 0.786. The van der Waals surface area contributed by atoms with Crippen LogP contribution in [0.15, 0.2) is 22.6 Å². The third-order valence-corrected chi connectivity index (χ3v) is 2.66. The van der Waals surface area contributed by atoms with Gasteiger partial charge in [0, 0.05) is 12.0 Å². The van der Waals surface area contributed by atoms with Crippen molar-refractivity contribution in [1.82, 2.24) is 10.2 Å². The molecule has 0 aliphatic carbocycles. The zero-order valence-electron chi connectivity index (χ0n) is 11.5. The number of ether oxygens (including phenoxy) is 1. The van der Waals surface area contributed by atoms with E-state index < -0.39 is 5.82 Å². The van der Waals surface area contributed by atoms with Crippen molar-refractivity contribution in [2.75, 3.05) is 0 Å². The zero-order chi connectivity index (χ0) is 14.7. The number of Topliss-reactive ketones (excluding diaryl/α,β-unsaturated/α-hetero) is 1. The molecular formula is C14H15FN2O3. The Balaban J connectivity index is 2.03. The van der Waals surface area contributed by atoms with E-state index in [1.807, 2.05) is 13.8 Å². The van der Waals surface area contributed by atoms with E-state index in [9.17, 15) is 9.18 Å². The van der Waals surface area contributed by atoms with Gasteiger partial charge in [-0.05, 0) is 19.1 Å². The number of carbonyl (C=O) groups excluding carboxylic acids is 1. The minimum atomic E-state index is -0.608. The van der Waals surface area contributed by atoms with Crippen molar-refractivity contribution in [3.8, 4) is 5.75 Å². The lowest BCUT2D eigenvalue weighted by atomic mass is 10.1. The van der Waals surface area contributed by atoms with Crippen LogP contribution in [0.5, 0.6) is 5.75 Å². The molecule has 6 heteroatoms. The highest BCUT2D eigenvalue weighted by Crippen LogP contribution is 2.19. The molecule has 0 amide bonds. The molecule has 0 saturated heterocycles. The largest absolute Gasteiger partial charge is 0.484 e. The van der Waals surface area contributed by atoms with Gasteiger partial charge in [0.2, 0.25) is 5.89 Å². The number of hydrogen-bond donors (Lipinski definition) is 0. The second-order valence-corrected chi connectivity index (χ2v) is 4.68. The SMILES string of the molecule is CC(=O)c1ccc(OCc2nnc(C(C)C)o2)cc1F. The number of carbonyl (C=O) groups is 1. The maximum absolute atomic E-state index is 13.6. The van der Waals surface area contributed by atoms with Crippen LogP contribution in [-0.4, -0.2) is 16.0 Å². The van der Waals surface area contributed by atoms with Crippen molar-refractivity contribution in [3.63, 3.8) is 0 Å². The van der Waals surface area contributed by atoms with Gasteiger partial charge in [0.1, 0.15) is 11.6 Å². The molecule has 20 heavy (non-hydrogen) atoms. The molecule has 106 valence electrons. The van der Waals surface area contributed by atoms with Gasteiger partial charge in [-0.25, -0.2) is 4.39 Å². The van der Waals surface area contributed by atoms with Crippen LogP contribution < -0.4 is 4.74 Å². The summed E-state index contributed by atoms with van der Waals surface area (Å²) >= 11 is 0. The molecule has 1 aromatic heterocycles. The zero-order valence-corrected chi connectivity index (χ0v) is 11.5. The maximum atomic E-state index is 13.6. The van der Waals surface area contributed by atoms with Crippen molar-refractivity contribution in [2.45, 2.75) is 33.3 Å². The molecule has 0 radical (unpaired) electrons. The van der Waals surface area contributed by atoms with Crippen LogP contribution in [0.4, 0.5) is 4.39 Å². The average molecular weight is 278 g/mol. The topological polar surface area (TPSA) is 65.2 Å². The third kappa shape index (κ3) is 3.20. The number of ketones is 1. The summed E-state index contributed by atoms with van der Waals surface area (Å²) in [5, 5.41) is 7.70. The van der Waals surface area contributed by atoms with Gasteiger partial charge in [0.25, 0.3) is 5.89 Å². The lowest BCUT2D eigenvalue weighted by Crippen LogP contribution is -2.00. The highest BCUT2D eigenvalue weighted by atomic mass is 19.1. The molecule has 0 unspecified atom stereocenters. The average Bonchev–Trinajstić information content (AvgIpc) is 2.85. The fraction of sp³-hybridized carbons (Fsp3) is 0.357. The highest BCUT2D eigenvalue weighted by molar-refractivity contribution is 5.94. The van der Waals surface area contributed by atoms with E-state index >= 15 is 0 Å². The first-order chi connectivity index (χ1) is 9.47. The van der Waals surface area contributed by atoms with E-state index in [2.05, 4.69) is 10.2 Å². The standard InChI is InChI=1S/C14H15FN2O3/c1-8(2)14-17-16-13(20-14)7-19-10-4-5-11(9(3)18)12(15)6-10/h4-6,8H,7H2,1-3H3. The predicted molar refractivity (Wildman–Crippen MR) is 69.1 cm³/mol. The first-order valence-electron chi connectivity index (χ1n) is 6.23. The third-order valence-electron chi connectivity index (χ3n) is 2.66. The van der Waals surface area contributed by atoms with Gasteiger partial charge in [-0.1, -0.05) is 13.8 Å². The van der Waals surface area contributed by atoms with Gasteiger partial charge < -0.3 is 9.15 Å². The Hall–Kier alpha value is -2.24. The Morgan fingerprint density at radius 3 is 2.70 bits per heavy atom. The smallest absolute Gasteiger partial charge is 0.253 e. The molecule has 0 N–H and O–H groups in total. The minimum absolute atomic E-state index is 0.0391. The maximum Gasteiger partial charge on any atom is 0.253 e. The normalized spacial score (nSPS) is 10.8. The van der Waals surface area contributed by atoms with E-state index in [0.29, 0.717) is 17.5 Å². The summed E-state index contributed by atoms with van der Waals surface area (Å²) in [7, 11) is 0. The van der Waals surface area contributed by atoms with Crippen molar-refractivity contribution in [1.29, 1.82) is 0 Å². The van der Waals surface area contributed by atoms with Crippen LogP contribution in [0.3, 0.4) is 0 Å². The molecule has 2 rings (SSSR count). The number of aromatic nitrogens is 2. The van der Waals surface area contributed by atoms with Gasteiger partial charge in [-0.2, -0.15) is 0 Å². The molecule has 0 spiro atoms. The number of nitrogens with zero attached hydrogens (tertiary/aromatic N) is 2. The minimum Gasteiger partial charge on any atom is -0.484 e. The van der Waals surface area contributed by atoms with E-state index in [1.165, 1.54) is 19.1 Å².